The molecule has 1 aromatic carbocycles. The molecule has 3 rings (SSSR count). The first-order valence-corrected chi connectivity index (χ1v) is 11.6. The monoisotopic (exact) mass is 430 g/mol. The van der Waals surface area contributed by atoms with Crippen molar-refractivity contribution in [2.45, 2.75) is 26.4 Å². The van der Waals surface area contributed by atoms with Crippen molar-refractivity contribution in [3.05, 3.63) is 58.3 Å². The number of carbonyl (C=O) groups excluding carboxylic acids is 2. The number of rotatable bonds is 10. The number of hydrogen-bond donors (Lipinski definition) is 1. The van der Waals surface area contributed by atoms with Gasteiger partial charge < -0.3 is 19.4 Å². The number of quaternary nitrogens is 1. The number of nitrogens with zero attached hydrogens (tertiary/aromatic N) is 2. The zero-order chi connectivity index (χ0) is 21.2. The molecule has 1 saturated heterocycles. The number of thiophene rings is 1. The van der Waals surface area contributed by atoms with Gasteiger partial charge in [0.15, 0.2) is 0 Å². The highest BCUT2D eigenvalue weighted by Gasteiger charge is 2.23. The SMILES string of the molecule is CCC(=O)N(CC[NH+]1CCOCC1)CC(=O)N(Cc1ccccc1)Cc1cccs1. The maximum Gasteiger partial charge on any atom is 0.242 e. The first kappa shape index (κ1) is 22.5. The average Bonchev–Trinajstić information content (AvgIpc) is 3.30. The summed E-state index contributed by atoms with van der Waals surface area (Å²) in [5.41, 5.74) is 1.09. The summed E-state index contributed by atoms with van der Waals surface area (Å²) in [6.07, 6.45) is 0.412. The third-order valence-electron chi connectivity index (χ3n) is 5.41. The second-order valence-corrected chi connectivity index (χ2v) is 8.63. The normalized spacial score (nSPS) is 14.4. The third-order valence-corrected chi connectivity index (χ3v) is 6.27. The van der Waals surface area contributed by atoms with E-state index in [1.54, 1.807) is 16.2 Å². The largest absolute Gasteiger partial charge is 0.370 e. The zero-order valence-electron chi connectivity index (χ0n) is 17.7. The van der Waals surface area contributed by atoms with Gasteiger partial charge in [-0.2, -0.15) is 0 Å². The lowest BCUT2D eigenvalue weighted by Crippen LogP contribution is -3.14. The first-order valence-electron chi connectivity index (χ1n) is 10.7. The molecule has 0 aliphatic carbocycles. The van der Waals surface area contributed by atoms with Crippen LogP contribution in [0.4, 0.5) is 0 Å². The molecule has 2 heterocycles. The Hall–Kier alpha value is -2.22. The van der Waals surface area contributed by atoms with E-state index < -0.39 is 0 Å². The van der Waals surface area contributed by atoms with Crippen LogP contribution in [0.15, 0.2) is 47.8 Å². The molecule has 6 nitrogen and oxygen atoms in total. The van der Waals surface area contributed by atoms with Crippen LogP contribution in [0.3, 0.4) is 0 Å². The van der Waals surface area contributed by atoms with Gasteiger partial charge in [0.2, 0.25) is 11.8 Å². The molecule has 0 spiro atoms. The first-order chi connectivity index (χ1) is 14.7. The maximum absolute atomic E-state index is 13.3. The minimum atomic E-state index is -0.00831. The Balaban J connectivity index is 1.65. The van der Waals surface area contributed by atoms with E-state index in [-0.39, 0.29) is 18.4 Å². The Kier molecular flexibility index (Phi) is 8.86. The number of hydrogen-bond acceptors (Lipinski definition) is 4. The second-order valence-electron chi connectivity index (χ2n) is 7.60. The van der Waals surface area contributed by atoms with Crippen molar-refractivity contribution in [2.75, 3.05) is 45.9 Å². The van der Waals surface area contributed by atoms with Gasteiger partial charge in [0.1, 0.15) is 13.1 Å². The van der Waals surface area contributed by atoms with Crippen LogP contribution < -0.4 is 4.90 Å². The van der Waals surface area contributed by atoms with E-state index in [0.717, 1.165) is 43.3 Å². The molecular formula is C23H32N3O3S+. The van der Waals surface area contributed by atoms with E-state index in [1.165, 1.54) is 4.90 Å². The van der Waals surface area contributed by atoms with Crippen molar-refractivity contribution in [3.8, 4) is 0 Å². The predicted molar refractivity (Wildman–Crippen MR) is 118 cm³/mol. The fourth-order valence-corrected chi connectivity index (χ4v) is 4.33. The lowest BCUT2D eigenvalue weighted by atomic mass is 10.2. The fraction of sp³-hybridized carbons (Fsp3) is 0.478. The molecule has 162 valence electrons. The smallest absolute Gasteiger partial charge is 0.242 e. The number of nitrogens with one attached hydrogen (secondary N) is 1. The van der Waals surface area contributed by atoms with Crippen LogP contribution in [0.1, 0.15) is 23.8 Å². The lowest BCUT2D eigenvalue weighted by molar-refractivity contribution is -0.907. The van der Waals surface area contributed by atoms with E-state index in [1.807, 2.05) is 59.7 Å². The third kappa shape index (κ3) is 6.93. The highest BCUT2D eigenvalue weighted by molar-refractivity contribution is 7.09. The van der Waals surface area contributed by atoms with Crippen LogP contribution in [-0.2, 0) is 27.4 Å². The van der Waals surface area contributed by atoms with Gasteiger partial charge in [0, 0.05) is 17.8 Å². The molecule has 0 saturated carbocycles. The molecule has 0 atom stereocenters. The minimum absolute atomic E-state index is 0.00831. The molecule has 1 aromatic heterocycles. The Labute approximate surface area is 183 Å². The minimum Gasteiger partial charge on any atom is -0.370 e. The van der Waals surface area contributed by atoms with E-state index in [2.05, 4.69) is 0 Å². The van der Waals surface area contributed by atoms with Gasteiger partial charge in [-0.15, -0.1) is 11.3 Å². The predicted octanol–water partition coefficient (Wildman–Crippen LogP) is 1.43. The Bertz CT molecular complexity index is 776. The Morgan fingerprint density at radius 3 is 2.43 bits per heavy atom. The molecule has 1 fully saturated rings. The number of ether oxygens (including phenoxy) is 1. The zero-order valence-corrected chi connectivity index (χ0v) is 18.5. The van der Waals surface area contributed by atoms with Gasteiger partial charge in [-0.05, 0) is 17.0 Å². The molecule has 2 aromatic rings. The van der Waals surface area contributed by atoms with Crippen LogP contribution in [0.2, 0.25) is 0 Å². The van der Waals surface area contributed by atoms with Crippen molar-refractivity contribution in [3.63, 3.8) is 0 Å². The van der Waals surface area contributed by atoms with Crippen LogP contribution in [0.25, 0.3) is 0 Å². The summed E-state index contributed by atoms with van der Waals surface area (Å²) in [6.45, 7) is 8.00. The van der Waals surface area contributed by atoms with E-state index in [4.69, 9.17) is 4.74 Å². The number of carbonyl (C=O) groups is 2. The van der Waals surface area contributed by atoms with Crippen LogP contribution >= 0.6 is 11.3 Å². The molecule has 0 radical (unpaired) electrons. The lowest BCUT2D eigenvalue weighted by Gasteiger charge is -2.29. The van der Waals surface area contributed by atoms with Crippen molar-refractivity contribution in [1.82, 2.24) is 9.80 Å². The van der Waals surface area contributed by atoms with Gasteiger partial charge in [0.25, 0.3) is 0 Å². The molecule has 1 aliphatic heterocycles. The van der Waals surface area contributed by atoms with Crippen molar-refractivity contribution >= 4 is 23.2 Å². The Morgan fingerprint density at radius 1 is 1.00 bits per heavy atom. The average molecular weight is 431 g/mol. The van der Waals surface area contributed by atoms with Gasteiger partial charge in [-0.1, -0.05) is 43.3 Å². The van der Waals surface area contributed by atoms with E-state index >= 15 is 0 Å². The molecule has 0 unspecified atom stereocenters. The van der Waals surface area contributed by atoms with E-state index in [0.29, 0.717) is 26.1 Å². The van der Waals surface area contributed by atoms with Crippen molar-refractivity contribution < 1.29 is 19.2 Å². The van der Waals surface area contributed by atoms with Gasteiger partial charge in [-0.3, -0.25) is 9.59 Å². The van der Waals surface area contributed by atoms with Gasteiger partial charge in [-0.25, -0.2) is 0 Å². The summed E-state index contributed by atoms with van der Waals surface area (Å²) in [5, 5.41) is 2.03. The highest BCUT2D eigenvalue weighted by Crippen LogP contribution is 2.15. The van der Waals surface area contributed by atoms with Gasteiger partial charge in [0.05, 0.1) is 39.4 Å². The van der Waals surface area contributed by atoms with Crippen LogP contribution in [0.5, 0.6) is 0 Å². The number of morpholine rings is 1. The topological polar surface area (TPSA) is 54.3 Å². The summed E-state index contributed by atoms with van der Waals surface area (Å²) < 4.78 is 5.42. The summed E-state index contributed by atoms with van der Waals surface area (Å²) in [4.78, 5) is 32.0. The maximum atomic E-state index is 13.3. The number of amides is 2. The summed E-state index contributed by atoms with van der Waals surface area (Å²) >= 11 is 1.65. The molecular weight excluding hydrogens is 398 g/mol. The summed E-state index contributed by atoms with van der Waals surface area (Å²) in [7, 11) is 0. The van der Waals surface area contributed by atoms with Crippen molar-refractivity contribution in [1.29, 1.82) is 0 Å². The standard InChI is InChI=1S/C23H31N3O3S/c1-2-22(27)25(11-10-24-12-14-29-15-13-24)19-23(28)26(18-21-9-6-16-30-21)17-20-7-4-3-5-8-20/h3-9,16H,2,10-15,17-19H2,1H3/p+1. The molecule has 1 aliphatic rings. The Morgan fingerprint density at radius 2 is 1.77 bits per heavy atom. The van der Waals surface area contributed by atoms with Gasteiger partial charge >= 0.3 is 0 Å². The molecule has 2 amide bonds. The number of benzene rings is 1. The molecule has 7 heteroatoms. The molecule has 0 bridgehead atoms. The fourth-order valence-electron chi connectivity index (χ4n) is 3.61. The van der Waals surface area contributed by atoms with E-state index in [9.17, 15) is 9.59 Å². The molecule has 1 N–H and O–H groups in total. The van der Waals surface area contributed by atoms with Crippen molar-refractivity contribution in [2.24, 2.45) is 0 Å². The van der Waals surface area contributed by atoms with Crippen LogP contribution in [0, 0.1) is 0 Å². The highest BCUT2D eigenvalue weighted by atomic mass is 32.1. The summed E-state index contributed by atoms with van der Waals surface area (Å²) in [6, 6.07) is 14.1. The summed E-state index contributed by atoms with van der Waals surface area (Å²) in [5.74, 6) is 0.0258. The van der Waals surface area contributed by atoms with Crippen LogP contribution in [-0.4, -0.2) is 67.6 Å². The quantitative estimate of drug-likeness (QED) is 0.621. The molecule has 30 heavy (non-hydrogen) atoms. The second kappa shape index (κ2) is 11.8.